The molecule has 2 nitrogen and oxygen atoms in total. The van der Waals surface area contributed by atoms with Gasteiger partial charge in [-0.1, -0.05) is 31.0 Å². The summed E-state index contributed by atoms with van der Waals surface area (Å²) >= 11 is 0. The molecule has 1 aromatic heterocycles. The van der Waals surface area contributed by atoms with Gasteiger partial charge in [-0.25, -0.2) is 0 Å². The summed E-state index contributed by atoms with van der Waals surface area (Å²) in [6, 6.07) is 6.74. The summed E-state index contributed by atoms with van der Waals surface area (Å²) in [5.74, 6) is 0.677. The fourth-order valence-electron chi connectivity index (χ4n) is 3.54. The van der Waals surface area contributed by atoms with Crippen LogP contribution < -0.4 is 5.73 Å². The third-order valence-corrected chi connectivity index (χ3v) is 4.50. The van der Waals surface area contributed by atoms with Crippen LogP contribution in [0, 0.1) is 12.8 Å². The van der Waals surface area contributed by atoms with E-state index in [4.69, 9.17) is 5.73 Å². The Labute approximate surface area is 109 Å². The lowest BCUT2D eigenvalue weighted by atomic mass is 9.92. The van der Waals surface area contributed by atoms with Crippen LogP contribution in [0.5, 0.6) is 0 Å². The summed E-state index contributed by atoms with van der Waals surface area (Å²) < 4.78 is 2.23. The van der Waals surface area contributed by atoms with Crippen molar-refractivity contribution in [3.05, 3.63) is 35.5 Å². The lowest BCUT2D eigenvalue weighted by Crippen LogP contribution is -2.18. The molecule has 0 saturated heterocycles. The van der Waals surface area contributed by atoms with Gasteiger partial charge >= 0.3 is 0 Å². The van der Waals surface area contributed by atoms with Crippen LogP contribution in [0.2, 0.25) is 0 Å². The fourth-order valence-corrected chi connectivity index (χ4v) is 3.54. The van der Waals surface area contributed by atoms with Crippen LogP contribution in [0.3, 0.4) is 0 Å². The molecular weight excluding hydrogens is 220 g/mol. The van der Waals surface area contributed by atoms with Crippen molar-refractivity contribution < 1.29 is 0 Å². The normalized spacial score (nSPS) is 18.6. The van der Waals surface area contributed by atoms with E-state index in [0.717, 1.165) is 0 Å². The second-order valence-corrected chi connectivity index (χ2v) is 5.74. The Morgan fingerprint density at radius 3 is 2.72 bits per heavy atom. The minimum atomic E-state index is 0.206. The molecule has 0 aliphatic heterocycles. The Morgan fingerprint density at radius 1 is 1.28 bits per heavy atom. The van der Waals surface area contributed by atoms with Gasteiger partial charge in [0.2, 0.25) is 0 Å². The predicted molar refractivity (Wildman–Crippen MR) is 76.5 cm³/mol. The smallest absolute Gasteiger partial charge is 0.0510 e. The van der Waals surface area contributed by atoms with Crippen LogP contribution >= 0.6 is 0 Å². The minimum absolute atomic E-state index is 0.206. The third kappa shape index (κ3) is 1.76. The van der Waals surface area contributed by atoms with Gasteiger partial charge in [0.05, 0.1) is 5.52 Å². The van der Waals surface area contributed by atoms with E-state index in [9.17, 15) is 0 Å². The van der Waals surface area contributed by atoms with E-state index < -0.39 is 0 Å². The maximum absolute atomic E-state index is 6.52. The van der Waals surface area contributed by atoms with Crippen molar-refractivity contribution in [2.45, 2.75) is 38.6 Å². The molecule has 1 unspecified atom stereocenters. The van der Waals surface area contributed by atoms with Crippen LogP contribution in [0.15, 0.2) is 24.4 Å². The van der Waals surface area contributed by atoms with E-state index >= 15 is 0 Å². The Balaban J connectivity index is 2.09. The summed E-state index contributed by atoms with van der Waals surface area (Å²) in [7, 11) is 2.13. The number of para-hydroxylation sites is 1. The highest BCUT2D eigenvalue weighted by molar-refractivity contribution is 5.87. The van der Waals surface area contributed by atoms with E-state index in [1.54, 1.807) is 0 Å². The van der Waals surface area contributed by atoms with Gasteiger partial charge in [-0.15, -0.1) is 0 Å². The number of nitrogens with two attached hydrogens (primary N) is 1. The predicted octanol–water partition coefficient (Wildman–Crippen LogP) is 3.68. The highest BCUT2D eigenvalue weighted by atomic mass is 14.9. The van der Waals surface area contributed by atoms with Crippen molar-refractivity contribution in [2.75, 3.05) is 0 Å². The van der Waals surface area contributed by atoms with E-state index in [2.05, 4.69) is 42.9 Å². The number of fused-ring (bicyclic) bond motifs is 1. The van der Waals surface area contributed by atoms with Crippen molar-refractivity contribution in [3.63, 3.8) is 0 Å². The summed E-state index contributed by atoms with van der Waals surface area (Å²) in [6.07, 6.45) is 7.53. The van der Waals surface area contributed by atoms with Crippen molar-refractivity contribution in [3.8, 4) is 0 Å². The van der Waals surface area contributed by atoms with Gasteiger partial charge in [-0.05, 0) is 36.8 Å². The fraction of sp³-hybridized carbons (Fsp3) is 0.500. The minimum Gasteiger partial charge on any atom is -0.350 e. The standard InChI is InChI=1S/C16H22N2/c1-11-6-5-9-13-14(10-18(2)16(11)13)15(17)12-7-3-4-8-12/h5-6,9-10,12,15H,3-4,7-8,17H2,1-2H3. The van der Waals surface area contributed by atoms with Crippen LogP contribution in [-0.2, 0) is 7.05 Å². The molecular formula is C16H22N2. The molecule has 0 amide bonds. The van der Waals surface area contributed by atoms with Crippen LogP contribution in [0.1, 0.15) is 42.9 Å². The first-order valence-corrected chi connectivity index (χ1v) is 6.98. The third-order valence-electron chi connectivity index (χ3n) is 4.50. The topological polar surface area (TPSA) is 30.9 Å². The maximum atomic E-state index is 6.52. The van der Waals surface area contributed by atoms with Crippen LogP contribution in [0.4, 0.5) is 0 Å². The zero-order chi connectivity index (χ0) is 12.7. The Bertz CT molecular complexity index is 562. The largest absolute Gasteiger partial charge is 0.350 e. The highest BCUT2D eigenvalue weighted by Crippen LogP contribution is 2.37. The van der Waals surface area contributed by atoms with E-state index in [1.807, 2.05) is 0 Å². The van der Waals surface area contributed by atoms with Gasteiger partial charge in [0.25, 0.3) is 0 Å². The molecule has 3 rings (SSSR count). The Morgan fingerprint density at radius 2 is 2.00 bits per heavy atom. The summed E-state index contributed by atoms with van der Waals surface area (Å²) in [6.45, 7) is 2.17. The van der Waals surface area contributed by atoms with Gasteiger partial charge in [0.1, 0.15) is 0 Å². The molecule has 2 N–H and O–H groups in total. The molecule has 0 bridgehead atoms. The molecule has 1 atom stereocenters. The van der Waals surface area contributed by atoms with Crippen molar-refractivity contribution in [2.24, 2.45) is 18.7 Å². The first-order valence-electron chi connectivity index (χ1n) is 6.98. The molecule has 2 heteroatoms. The average Bonchev–Trinajstić information content (AvgIpc) is 2.97. The molecule has 0 spiro atoms. The molecule has 0 radical (unpaired) electrons. The maximum Gasteiger partial charge on any atom is 0.0510 e. The van der Waals surface area contributed by atoms with Crippen molar-refractivity contribution in [1.29, 1.82) is 0 Å². The number of benzene rings is 1. The quantitative estimate of drug-likeness (QED) is 0.855. The number of aryl methyl sites for hydroxylation is 2. The first kappa shape index (κ1) is 11.8. The number of rotatable bonds is 2. The lowest BCUT2D eigenvalue weighted by Gasteiger charge is -2.18. The zero-order valence-corrected chi connectivity index (χ0v) is 11.3. The number of hydrogen-bond donors (Lipinski definition) is 1. The summed E-state index contributed by atoms with van der Waals surface area (Å²) in [4.78, 5) is 0. The van der Waals surface area contributed by atoms with Crippen LogP contribution in [0.25, 0.3) is 10.9 Å². The zero-order valence-electron chi connectivity index (χ0n) is 11.3. The van der Waals surface area contributed by atoms with Crippen molar-refractivity contribution in [1.82, 2.24) is 4.57 Å². The molecule has 1 aliphatic rings. The average molecular weight is 242 g/mol. The van der Waals surface area contributed by atoms with Crippen molar-refractivity contribution >= 4 is 10.9 Å². The SMILES string of the molecule is Cc1cccc2c(C(N)C3CCCC3)cn(C)c12. The Kier molecular flexibility index (Phi) is 2.90. The molecule has 1 fully saturated rings. The lowest BCUT2D eigenvalue weighted by molar-refractivity contribution is 0.446. The number of nitrogens with zero attached hydrogens (tertiary/aromatic N) is 1. The van der Waals surface area contributed by atoms with E-state index in [1.165, 1.54) is 47.7 Å². The molecule has 1 aromatic carbocycles. The molecule has 96 valence electrons. The first-order chi connectivity index (χ1) is 8.68. The number of hydrogen-bond acceptors (Lipinski definition) is 1. The Hall–Kier alpha value is -1.28. The van der Waals surface area contributed by atoms with Gasteiger partial charge in [-0.2, -0.15) is 0 Å². The molecule has 18 heavy (non-hydrogen) atoms. The van der Waals surface area contributed by atoms with Gasteiger partial charge in [0, 0.05) is 24.7 Å². The second kappa shape index (κ2) is 4.43. The summed E-state index contributed by atoms with van der Waals surface area (Å²) in [5.41, 5.74) is 10.5. The van der Waals surface area contributed by atoms with Gasteiger partial charge in [-0.3, -0.25) is 0 Å². The van der Waals surface area contributed by atoms with Gasteiger partial charge in [0.15, 0.2) is 0 Å². The molecule has 2 aromatic rings. The summed E-state index contributed by atoms with van der Waals surface area (Å²) in [5, 5.41) is 1.34. The molecule has 1 saturated carbocycles. The van der Waals surface area contributed by atoms with E-state index in [0.29, 0.717) is 5.92 Å². The highest BCUT2D eigenvalue weighted by Gasteiger charge is 2.25. The van der Waals surface area contributed by atoms with E-state index in [-0.39, 0.29) is 6.04 Å². The molecule has 1 aliphatic carbocycles. The van der Waals surface area contributed by atoms with Crippen LogP contribution in [-0.4, -0.2) is 4.57 Å². The van der Waals surface area contributed by atoms with Gasteiger partial charge < -0.3 is 10.3 Å². The molecule has 1 heterocycles. The monoisotopic (exact) mass is 242 g/mol. The second-order valence-electron chi connectivity index (χ2n) is 5.74. The number of aromatic nitrogens is 1.